The Balaban J connectivity index is 2.21. The average molecular weight is 416 g/mol. The normalized spacial score (nSPS) is 15.5. The smallest absolute Gasteiger partial charge is 0.444 e. The number of amides is 1. The third kappa shape index (κ3) is 6.08. The number of anilines is 1. The lowest BCUT2D eigenvalue weighted by molar-refractivity contribution is 0.0240. The summed E-state index contributed by atoms with van der Waals surface area (Å²) in [5, 5.41) is 19.2. The number of carbonyl (C=O) groups excluding carboxylic acids is 1. The van der Waals surface area contributed by atoms with E-state index in [4.69, 9.17) is 4.74 Å². The fourth-order valence-electron chi connectivity index (χ4n) is 3.04. The Morgan fingerprint density at radius 3 is 2.25 bits per heavy atom. The average Bonchev–Trinajstić information content (AvgIpc) is 2.53. The van der Waals surface area contributed by atoms with Crippen LogP contribution in [0.3, 0.4) is 0 Å². The van der Waals surface area contributed by atoms with Crippen LogP contribution in [0.5, 0.6) is 0 Å². The number of piperazine rings is 1. The first-order chi connectivity index (χ1) is 12.8. The molecular weight excluding hydrogens is 390 g/mol. The molecule has 1 fully saturated rings. The van der Waals surface area contributed by atoms with Gasteiger partial charge in [-0.25, -0.2) is 4.79 Å². The summed E-state index contributed by atoms with van der Waals surface area (Å²) in [6.45, 7) is 8.52. The molecule has 1 heterocycles. The van der Waals surface area contributed by atoms with Gasteiger partial charge in [0.25, 0.3) is 0 Å². The van der Waals surface area contributed by atoms with Crippen molar-refractivity contribution in [2.75, 3.05) is 31.1 Å². The number of hydrogen-bond acceptors (Lipinski definition) is 7. The molecule has 0 aromatic heterocycles. The molecule has 0 aliphatic carbocycles. The summed E-state index contributed by atoms with van der Waals surface area (Å²) in [5.41, 5.74) is 0.538. The third-order valence-electron chi connectivity index (χ3n) is 4.44. The highest BCUT2D eigenvalue weighted by atomic mass is 32.3. The van der Waals surface area contributed by atoms with Crippen LogP contribution in [0.25, 0.3) is 0 Å². The van der Waals surface area contributed by atoms with E-state index < -0.39 is 34.8 Å². The maximum atomic E-state index is 13.2. The van der Waals surface area contributed by atoms with E-state index in [1.165, 1.54) is 19.1 Å². The van der Waals surface area contributed by atoms with E-state index >= 15 is 0 Å². The van der Waals surface area contributed by atoms with Gasteiger partial charge >= 0.3 is 23.4 Å². The van der Waals surface area contributed by atoms with E-state index in [0.29, 0.717) is 37.4 Å². The largest absolute Gasteiger partial charge is 0.488 e. The molecule has 2 N–H and O–H groups in total. The quantitative estimate of drug-likeness (QED) is 0.545. The number of rotatable bonds is 4. The lowest BCUT2D eigenvalue weighted by Gasteiger charge is -2.37. The van der Waals surface area contributed by atoms with Crippen molar-refractivity contribution in [2.45, 2.75) is 39.0 Å². The van der Waals surface area contributed by atoms with Gasteiger partial charge in [0, 0.05) is 31.9 Å². The molecule has 156 valence electrons. The number of nitrogens with zero attached hydrogens (tertiary/aromatic N) is 2. The fraction of sp³-hybridized carbons (Fsp3) is 0.588. The first kappa shape index (κ1) is 22.4. The van der Waals surface area contributed by atoms with E-state index in [-0.39, 0.29) is 11.0 Å². The minimum atomic E-state index is -4.78. The molecule has 0 spiro atoms. The number of benzene rings is 1. The molecule has 11 heteroatoms. The van der Waals surface area contributed by atoms with Gasteiger partial charge in [-0.15, -0.1) is 3.89 Å². The van der Waals surface area contributed by atoms with Gasteiger partial charge < -0.3 is 24.6 Å². The Morgan fingerprint density at radius 1 is 1.21 bits per heavy atom. The predicted octanol–water partition coefficient (Wildman–Crippen LogP) is 0.531. The molecule has 1 aliphatic heterocycles. The fourth-order valence-corrected chi connectivity index (χ4v) is 3.71. The highest BCUT2D eigenvalue weighted by molar-refractivity contribution is 7.85. The van der Waals surface area contributed by atoms with E-state index in [0.717, 1.165) is 0 Å². The van der Waals surface area contributed by atoms with Gasteiger partial charge in [0.2, 0.25) is 0 Å². The van der Waals surface area contributed by atoms with Crippen molar-refractivity contribution in [2.24, 2.45) is 0 Å². The molecule has 0 atom stereocenters. The highest BCUT2D eigenvalue weighted by Gasteiger charge is 2.27. The van der Waals surface area contributed by atoms with Crippen molar-refractivity contribution in [1.29, 1.82) is 0 Å². The number of halogens is 1. The molecule has 0 saturated carbocycles. The molecular formula is C17H26BFN2O6S. The molecule has 1 aromatic carbocycles. The van der Waals surface area contributed by atoms with Gasteiger partial charge in [0.15, 0.2) is 0 Å². The number of carbonyl (C=O) groups is 1. The standard InChI is InChI=1S/C17H26BFN2O6S/c1-12-13(11-28(19,25)26)9-14(10-15(12)18(23)24)20-5-7-21(8-6-20)16(22)27-17(2,3)4/h9-10,23-24H,5-8,11H2,1-4H3. The monoisotopic (exact) mass is 416 g/mol. The summed E-state index contributed by atoms with van der Waals surface area (Å²) in [6, 6.07) is 3.07. The van der Waals surface area contributed by atoms with Crippen LogP contribution in [0.1, 0.15) is 31.9 Å². The summed E-state index contributed by atoms with van der Waals surface area (Å²) in [6.07, 6.45) is -0.410. The van der Waals surface area contributed by atoms with Crippen molar-refractivity contribution in [3.63, 3.8) is 0 Å². The van der Waals surface area contributed by atoms with Gasteiger partial charge in [-0.1, -0.05) is 0 Å². The zero-order valence-corrected chi connectivity index (χ0v) is 17.3. The molecule has 0 radical (unpaired) electrons. The third-order valence-corrected chi connectivity index (χ3v) is 5.10. The number of hydrogen-bond donors (Lipinski definition) is 2. The van der Waals surface area contributed by atoms with Crippen LogP contribution in [0.15, 0.2) is 12.1 Å². The molecule has 0 bridgehead atoms. The van der Waals surface area contributed by atoms with Gasteiger partial charge in [-0.3, -0.25) is 0 Å². The van der Waals surface area contributed by atoms with Crippen LogP contribution in [0, 0.1) is 6.92 Å². The van der Waals surface area contributed by atoms with Crippen LogP contribution in [0.2, 0.25) is 0 Å². The van der Waals surface area contributed by atoms with Gasteiger partial charge in [-0.05, 0) is 56.4 Å². The van der Waals surface area contributed by atoms with E-state index in [9.17, 15) is 27.1 Å². The molecule has 0 unspecified atom stereocenters. The van der Waals surface area contributed by atoms with E-state index in [1.807, 2.05) is 4.90 Å². The minimum Gasteiger partial charge on any atom is -0.444 e. The summed E-state index contributed by atoms with van der Waals surface area (Å²) in [4.78, 5) is 15.6. The second-order valence-electron chi connectivity index (χ2n) is 7.83. The first-order valence-corrected chi connectivity index (χ1v) is 10.5. The second-order valence-corrected chi connectivity index (χ2v) is 9.20. The van der Waals surface area contributed by atoms with Crippen LogP contribution < -0.4 is 10.4 Å². The van der Waals surface area contributed by atoms with Crippen LogP contribution in [-0.2, 0) is 20.7 Å². The first-order valence-electron chi connectivity index (χ1n) is 8.91. The van der Waals surface area contributed by atoms with Crippen molar-refractivity contribution in [3.05, 3.63) is 23.3 Å². The van der Waals surface area contributed by atoms with Gasteiger partial charge in [0.1, 0.15) is 11.4 Å². The Labute approximate surface area is 165 Å². The van der Waals surface area contributed by atoms with Gasteiger partial charge in [-0.2, -0.15) is 8.42 Å². The minimum absolute atomic E-state index is 0.116. The lowest BCUT2D eigenvalue weighted by Crippen LogP contribution is -2.50. The molecule has 1 amide bonds. The Bertz CT molecular complexity index is 833. The highest BCUT2D eigenvalue weighted by Crippen LogP contribution is 2.23. The van der Waals surface area contributed by atoms with Crippen molar-refractivity contribution in [3.8, 4) is 0 Å². The summed E-state index contributed by atoms with van der Waals surface area (Å²) < 4.78 is 40.7. The maximum absolute atomic E-state index is 13.2. The Morgan fingerprint density at radius 2 is 1.79 bits per heavy atom. The van der Waals surface area contributed by atoms with Gasteiger partial charge in [0.05, 0.1) is 0 Å². The van der Waals surface area contributed by atoms with Crippen LogP contribution in [0.4, 0.5) is 14.4 Å². The van der Waals surface area contributed by atoms with E-state index in [2.05, 4.69) is 0 Å². The lowest BCUT2D eigenvalue weighted by atomic mass is 9.75. The summed E-state index contributed by atoms with van der Waals surface area (Å²) in [7, 11) is -6.59. The van der Waals surface area contributed by atoms with Crippen molar-refractivity contribution < 1.29 is 31.9 Å². The maximum Gasteiger partial charge on any atom is 0.488 e. The van der Waals surface area contributed by atoms with Crippen molar-refractivity contribution >= 4 is 34.6 Å². The molecule has 1 saturated heterocycles. The number of ether oxygens (including phenoxy) is 1. The Hall–Kier alpha value is -1.85. The zero-order chi connectivity index (χ0) is 21.3. The Kier molecular flexibility index (Phi) is 6.62. The van der Waals surface area contributed by atoms with Crippen LogP contribution >= 0.6 is 0 Å². The van der Waals surface area contributed by atoms with Crippen LogP contribution in [-0.4, -0.2) is 68.4 Å². The molecule has 1 aromatic rings. The molecule has 1 aliphatic rings. The summed E-state index contributed by atoms with van der Waals surface area (Å²) in [5.74, 6) is -0.843. The molecule has 2 rings (SSSR count). The zero-order valence-electron chi connectivity index (χ0n) is 16.5. The predicted molar refractivity (Wildman–Crippen MR) is 105 cm³/mol. The topological polar surface area (TPSA) is 107 Å². The second kappa shape index (κ2) is 8.26. The molecule has 8 nitrogen and oxygen atoms in total. The van der Waals surface area contributed by atoms with E-state index in [1.54, 1.807) is 25.7 Å². The van der Waals surface area contributed by atoms with Crippen molar-refractivity contribution in [1.82, 2.24) is 4.90 Å². The summed E-state index contributed by atoms with van der Waals surface area (Å²) >= 11 is 0. The molecule has 28 heavy (non-hydrogen) atoms. The SMILES string of the molecule is Cc1c(CS(=O)(=O)F)cc(N2CCN(C(=O)OC(C)(C)C)CC2)cc1B(O)O.